The van der Waals surface area contributed by atoms with Gasteiger partial charge >= 0.3 is 5.97 Å². The topological polar surface area (TPSA) is 99.1 Å². The van der Waals surface area contributed by atoms with Crippen LogP contribution in [0, 0.1) is 11.6 Å². The molecule has 0 aliphatic heterocycles. The molecule has 0 bridgehead atoms. The largest absolute Gasteiger partial charge is 0.460 e. The lowest BCUT2D eigenvalue weighted by molar-refractivity contribution is -0.169. The number of nitrogens with zero attached hydrogens (tertiary/aromatic N) is 1. The number of anilines is 1. The Morgan fingerprint density at radius 3 is 2.26 bits per heavy atom. The molecule has 0 atom stereocenters. The first-order chi connectivity index (χ1) is 18.2. The molecule has 0 unspecified atom stereocenters. The number of esters is 1. The number of halogens is 2. The van der Waals surface area contributed by atoms with Crippen LogP contribution in [0.1, 0.15) is 47.4 Å². The van der Waals surface area contributed by atoms with Crippen molar-refractivity contribution in [3.63, 3.8) is 0 Å². The van der Waals surface area contributed by atoms with Gasteiger partial charge < -0.3 is 25.2 Å². The van der Waals surface area contributed by atoms with E-state index in [1.807, 2.05) is 22.7 Å². The van der Waals surface area contributed by atoms with E-state index in [1.54, 1.807) is 24.3 Å². The van der Waals surface area contributed by atoms with Crippen LogP contribution in [0.25, 0.3) is 0 Å². The summed E-state index contributed by atoms with van der Waals surface area (Å²) in [6.45, 7) is -0.219. The minimum absolute atomic E-state index is 0.0862. The summed E-state index contributed by atoms with van der Waals surface area (Å²) in [5.74, 6) is -2.72. The van der Waals surface area contributed by atoms with Crippen molar-refractivity contribution in [3.8, 4) is 0 Å². The van der Waals surface area contributed by atoms with Gasteiger partial charge in [-0.3, -0.25) is 4.79 Å². The molecule has 3 N–H and O–H groups in total. The van der Waals surface area contributed by atoms with E-state index < -0.39 is 35.7 Å². The second kappa shape index (κ2) is 12.4. The maximum Gasteiger partial charge on any atom is 0.349 e. The Kier molecular flexibility index (Phi) is 9.27. The molecule has 1 aliphatic carbocycles. The average molecular weight is 565 g/mol. The molecule has 7 nitrogen and oxygen atoms in total. The van der Waals surface area contributed by atoms with Crippen LogP contribution in [-0.2, 0) is 26.5 Å². The fourth-order valence-corrected chi connectivity index (χ4v) is 6.32. The molecule has 204 valence electrons. The number of amides is 1. The Balaban J connectivity index is 1.26. The summed E-state index contributed by atoms with van der Waals surface area (Å²) in [5, 5.41) is 26.4. The van der Waals surface area contributed by atoms with Gasteiger partial charge in [0.05, 0.1) is 22.0 Å². The molecular weight excluding hydrogens is 534 g/mol. The molecule has 1 amide bonds. The van der Waals surface area contributed by atoms with Gasteiger partial charge in [-0.2, -0.15) is 0 Å². The normalized spacial score (nSPS) is 17.9. The first kappa shape index (κ1) is 28.3. The van der Waals surface area contributed by atoms with Crippen molar-refractivity contribution in [2.45, 2.75) is 56.5 Å². The van der Waals surface area contributed by atoms with Gasteiger partial charge in [-0.15, -0.1) is 22.7 Å². The van der Waals surface area contributed by atoms with Gasteiger partial charge in [0.2, 0.25) is 11.5 Å². The third-order valence-corrected chi connectivity index (χ3v) is 8.82. The summed E-state index contributed by atoms with van der Waals surface area (Å²) in [7, 11) is 1.90. The van der Waals surface area contributed by atoms with Crippen molar-refractivity contribution in [1.29, 1.82) is 0 Å². The fraction of sp³-hybridized carbons (Fsp3) is 0.407. The number of nitrogens with one attached hydrogen (secondary N) is 1. The predicted molar refractivity (Wildman–Crippen MR) is 142 cm³/mol. The lowest BCUT2D eigenvalue weighted by Gasteiger charge is -2.35. The van der Waals surface area contributed by atoms with Crippen LogP contribution in [0.4, 0.5) is 14.5 Å². The lowest BCUT2D eigenvalue weighted by atomic mass is 9.91. The van der Waals surface area contributed by atoms with Crippen LogP contribution >= 0.6 is 22.7 Å². The standard InChI is InChI=1S/C27H30F2N2O5S2/c1-31(11-10-25(33)30-22-15-20(28)17(16-32)14-21(22)29)18-6-8-19(9-7-18)36-26(34)27(35,23-4-2-12-37-23)24-5-3-13-38-24/h2-5,12-15,18-19,32,35H,6-11,16H2,1H3,(H,30,33). The van der Waals surface area contributed by atoms with E-state index >= 15 is 0 Å². The van der Waals surface area contributed by atoms with E-state index in [2.05, 4.69) is 5.32 Å². The fourth-order valence-electron chi connectivity index (χ4n) is 4.61. The summed E-state index contributed by atoms with van der Waals surface area (Å²) in [5.41, 5.74) is -2.27. The maximum atomic E-state index is 14.1. The van der Waals surface area contributed by atoms with Crippen LogP contribution in [0.2, 0.25) is 0 Å². The number of carbonyl (C=O) groups excluding carboxylic acids is 2. The van der Waals surface area contributed by atoms with Crippen LogP contribution < -0.4 is 5.32 Å². The van der Waals surface area contributed by atoms with Crippen molar-refractivity contribution >= 4 is 40.2 Å². The minimum Gasteiger partial charge on any atom is -0.460 e. The van der Waals surface area contributed by atoms with Gasteiger partial charge in [-0.05, 0) is 61.7 Å². The van der Waals surface area contributed by atoms with Crippen LogP contribution in [0.3, 0.4) is 0 Å². The van der Waals surface area contributed by atoms with Gasteiger partial charge in [-0.25, -0.2) is 13.6 Å². The summed E-state index contributed by atoms with van der Waals surface area (Å²) in [4.78, 5) is 28.6. The summed E-state index contributed by atoms with van der Waals surface area (Å²) < 4.78 is 33.7. The van der Waals surface area contributed by atoms with Gasteiger partial charge in [0.15, 0.2) is 0 Å². The molecule has 0 spiro atoms. The Morgan fingerprint density at radius 2 is 1.71 bits per heavy atom. The molecule has 3 aromatic rings. The van der Waals surface area contributed by atoms with Crippen molar-refractivity contribution in [2.24, 2.45) is 0 Å². The zero-order valence-corrected chi connectivity index (χ0v) is 22.5. The van der Waals surface area contributed by atoms with Crippen molar-refractivity contribution in [1.82, 2.24) is 4.90 Å². The molecule has 2 heterocycles. The van der Waals surface area contributed by atoms with Gasteiger partial charge in [-0.1, -0.05) is 12.1 Å². The number of rotatable bonds is 10. The highest BCUT2D eigenvalue weighted by molar-refractivity contribution is 7.12. The summed E-state index contributed by atoms with van der Waals surface area (Å²) in [6.07, 6.45) is 2.51. The second-order valence-corrected chi connectivity index (χ2v) is 11.3. The highest BCUT2D eigenvalue weighted by Crippen LogP contribution is 2.38. The molecule has 0 radical (unpaired) electrons. The molecule has 1 fully saturated rings. The maximum absolute atomic E-state index is 14.1. The molecule has 38 heavy (non-hydrogen) atoms. The molecule has 1 saturated carbocycles. The molecule has 2 aromatic heterocycles. The summed E-state index contributed by atoms with van der Waals surface area (Å²) >= 11 is 2.60. The number of thiophene rings is 2. The molecule has 0 saturated heterocycles. The quantitative estimate of drug-likeness (QED) is 0.311. The first-order valence-electron chi connectivity index (χ1n) is 12.3. The zero-order chi connectivity index (χ0) is 27.3. The Morgan fingerprint density at radius 1 is 1.08 bits per heavy atom. The van der Waals surface area contributed by atoms with Crippen molar-refractivity contribution in [2.75, 3.05) is 18.9 Å². The molecular formula is C27H30F2N2O5S2. The number of benzene rings is 1. The van der Waals surface area contributed by atoms with Gasteiger partial charge in [0, 0.05) is 30.6 Å². The third-order valence-electron chi connectivity index (χ3n) is 6.86. The van der Waals surface area contributed by atoms with Crippen LogP contribution in [0.5, 0.6) is 0 Å². The highest BCUT2D eigenvalue weighted by atomic mass is 32.1. The van der Waals surface area contributed by atoms with Gasteiger partial charge in [0.1, 0.15) is 17.7 Å². The number of aliphatic hydroxyl groups excluding tert-OH is 1. The Labute approximate surface area is 227 Å². The Bertz CT molecular complexity index is 1190. The molecule has 1 aliphatic rings. The SMILES string of the molecule is CN(CCC(=O)Nc1cc(F)c(CO)cc1F)C1CCC(OC(=O)C(O)(c2cccs2)c2cccs2)CC1. The van der Waals surface area contributed by atoms with Crippen LogP contribution in [0.15, 0.2) is 47.2 Å². The van der Waals surface area contributed by atoms with E-state index in [9.17, 15) is 23.5 Å². The molecule has 4 rings (SSSR count). The molecule has 1 aromatic carbocycles. The second-order valence-electron chi connectivity index (χ2n) is 9.36. The number of carbonyl (C=O) groups is 2. The van der Waals surface area contributed by atoms with E-state index in [4.69, 9.17) is 9.84 Å². The number of hydrogen-bond acceptors (Lipinski definition) is 8. The average Bonchev–Trinajstić information content (AvgIpc) is 3.64. The van der Waals surface area contributed by atoms with E-state index in [1.165, 1.54) is 22.7 Å². The van der Waals surface area contributed by atoms with E-state index in [-0.39, 0.29) is 29.8 Å². The highest BCUT2D eigenvalue weighted by Gasteiger charge is 2.45. The van der Waals surface area contributed by atoms with Crippen molar-refractivity contribution < 1.29 is 33.3 Å². The van der Waals surface area contributed by atoms with Crippen molar-refractivity contribution in [3.05, 3.63) is 74.1 Å². The van der Waals surface area contributed by atoms with E-state index in [0.717, 1.165) is 25.0 Å². The third kappa shape index (κ3) is 6.29. The smallest absolute Gasteiger partial charge is 0.349 e. The monoisotopic (exact) mass is 564 g/mol. The first-order valence-corrected chi connectivity index (χ1v) is 14.1. The lowest BCUT2D eigenvalue weighted by Crippen LogP contribution is -2.42. The molecule has 11 heteroatoms. The minimum atomic E-state index is -1.83. The van der Waals surface area contributed by atoms with Crippen LogP contribution in [-0.4, -0.2) is 52.7 Å². The van der Waals surface area contributed by atoms with Gasteiger partial charge in [0.25, 0.3) is 0 Å². The number of ether oxygens (including phenoxy) is 1. The van der Waals surface area contributed by atoms with E-state index in [0.29, 0.717) is 29.1 Å². The predicted octanol–water partition coefficient (Wildman–Crippen LogP) is 4.63. The Hall–Kier alpha value is -2.70. The summed E-state index contributed by atoms with van der Waals surface area (Å²) in [6, 6.07) is 8.92. The number of aliphatic hydroxyl groups is 2. The number of hydrogen-bond donors (Lipinski definition) is 3. The zero-order valence-electron chi connectivity index (χ0n) is 20.9.